The van der Waals surface area contributed by atoms with Crippen LogP contribution in [0.15, 0.2) is 53.0 Å². The number of benzene rings is 2. The minimum absolute atomic E-state index is 0.576. The highest BCUT2D eigenvalue weighted by atomic mass is 79.9. The molecule has 0 spiro atoms. The Morgan fingerprint density at radius 3 is 2.12 bits per heavy atom. The molecule has 2 rings (SSSR count). The highest BCUT2D eigenvalue weighted by Crippen LogP contribution is 2.25. The van der Waals surface area contributed by atoms with Crippen molar-refractivity contribution in [3.63, 3.8) is 0 Å². The monoisotopic (exact) mass is 274 g/mol. The largest absolute Gasteiger partial charge is 0.0614 e. The van der Waals surface area contributed by atoms with Crippen LogP contribution in [0.4, 0.5) is 0 Å². The summed E-state index contributed by atoms with van der Waals surface area (Å²) in [7, 11) is 0. The summed E-state index contributed by atoms with van der Waals surface area (Å²) in [6, 6.07) is 17.2. The Morgan fingerprint density at radius 1 is 0.875 bits per heavy atom. The summed E-state index contributed by atoms with van der Waals surface area (Å²) >= 11 is 3.51. The molecule has 82 valence electrons. The van der Waals surface area contributed by atoms with E-state index in [9.17, 15) is 0 Å². The molecule has 0 aliphatic carbocycles. The van der Waals surface area contributed by atoms with Crippen LogP contribution in [0, 0.1) is 0 Å². The van der Waals surface area contributed by atoms with E-state index in [0.717, 1.165) is 4.47 Å². The Hall–Kier alpha value is -1.08. The molecule has 0 unspecified atom stereocenters. The SMILES string of the molecule is CC(C)c1cccc(-c2cccc(Br)c2)c1. The van der Waals surface area contributed by atoms with Gasteiger partial charge in [-0.15, -0.1) is 0 Å². The van der Waals surface area contributed by atoms with Gasteiger partial charge in [-0.1, -0.05) is 66.2 Å². The third-order valence-electron chi connectivity index (χ3n) is 2.71. The highest BCUT2D eigenvalue weighted by Gasteiger charge is 2.02. The molecule has 16 heavy (non-hydrogen) atoms. The molecule has 0 N–H and O–H groups in total. The summed E-state index contributed by atoms with van der Waals surface area (Å²) in [6.07, 6.45) is 0. The molecule has 0 saturated heterocycles. The lowest BCUT2D eigenvalue weighted by Crippen LogP contribution is -1.87. The third kappa shape index (κ3) is 2.53. The van der Waals surface area contributed by atoms with Crippen molar-refractivity contribution in [1.29, 1.82) is 0 Å². The van der Waals surface area contributed by atoms with E-state index in [1.54, 1.807) is 0 Å². The molecule has 2 aromatic rings. The van der Waals surface area contributed by atoms with Gasteiger partial charge >= 0.3 is 0 Å². The van der Waals surface area contributed by atoms with E-state index in [2.05, 4.69) is 78.3 Å². The molecule has 0 amide bonds. The van der Waals surface area contributed by atoms with E-state index in [0.29, 0.717) is 5.92 Å². The van der Waals surface area contributed by atoms with Crippen LogP contribution < -0.4 is 0 Å². The van der Waals surface area contributed by atoms with Crippen LogP contribution in [-0.4, -0.2) is 0 Å². The maximum absolute atomic E-state index is 3.51. The van der Waals surface area contributed by atoms with E-state index >= 15 is 0 Å². The molecule has 0 bridgehead atoms. The molecule has 0 atom stereocenters. The van der Waals surface area contributed by atoms with E-state index in [1.165, 1.54) is 16.7 Å². The number of hydrogen-bond acceptors (Lipinski definition) is 0. The summed E-state index contributed by atoms with van der Waals surface area (Å²) in [6.45, 7) is 4.44. The van der Waals surface area contributed by atoms with Crippen molar-refractivity contribution in [2.45, 2.75) is 19.8 Å². The van der Waals surface area contributed by atoms with Gasteiger partial charge in [-0.3, -0.25) is 0 Å². The summed E-state index contributed by atoms with van der Waals surface area (Å²) in [5.74, 6) is 0.576. The molecule has 0 aliphatic rings. The fourth-order valence-electron chi connectivity index (χ4n) is 1.75. The predicted octanol–water partition coefficient (Wildman–Crippen LogP) is 5.24. The molecule has 0 heterocycles. The summed E-state index contributed by atoms with van der Waals surface area (Å²) < 4.78 is 1.12. The van der Waals surface area contributed by atoms with Crippen molar-refractivity contribution in [2.24, 2.45) is 0 Å². The van der Waals surface area contributed by atoms with Crippen molar-refractivity contribution < 1.29 is 0 Å². The van der Waals surface area contributed by atoms with Crippen molar-refractivity contribution in [3.05, 3.63) is 58.6 Å². The van der Waals surface area contributed by atoms with Gasteiger partial charge in [0.15, 0.2) is 0 Å². The van der Waals surface area contributed by atoms with Crippen LogP contribution >= 0.6 is 15.9 Å². The Balaban J connectivity index is 2.44. The van der Waals surface area contributed by atoms with Gasteiger partial charge in [0, 0.05) is 4.47 Å². The second-order valence-electron chi connectivity index (χ2n) is 4.29. The van der Waals surface area contributed by atoms with Gasteiger partial charge in [-0.25, -0.2) is 0 Å². The van der Waals surface area contributed by atoms with Gasteiger partial charge in [0.2, 0.25) is 0 Å². The maximum Gasteiger partial charge on any atom is 0.0181 e. The Bertz CT molecular complexity index is 486. The zero-order chi connectivity index (χ0) is 11.5. The van der Waals surface area contributed by atoms with E-state index in [1.807, 2.05) is 0 Å². The minimum Gasteiger partial charge on any atom is -0.0614 e. The zero-order valence-electron chi connectivity index (χ0n) is 9.57. The molecular formula is C15H15Br. The first kappa shape index (κ1) is 11.4. The molecule has 0 aliphatic heterocycles. The fraction of sp³-hybridized carbons (Fsp3) is 0.200. The van der Waals surface area contributed by atoms with Crippen molar-refractivity contribution in [2.75, 3.05) is 0 Å². The molecule has 0 radical (unpaired) electrons. The van der Waals surface area contributed by atoms with Crippen molar-refractivity contribution >= 4 is 15.9 Å². The Labute approximate surface area is 105 Å². The van der Waals surface area contributed by atoms with Gasteiger partial charge in [-0.05, 0) is 34.7 Å². The average molecular weight is 275 g/mol. The lowest BCUT2D eigenvalue weighted by Gasteiger charge is -2.08. The Morgan fingerprint density at radius 2 is 1.50 bits per heavy atom. The molecule has 1 heteroatoms. The second-order valence-corrected chi connectivity index (χ2v) is 5.21. The van der Waals surface area contributed by atoms with Gasteiger partial charge in [0.05, 0.1) is 0 Å². The van der Waals surface area contributed by atoms with Gasteiger partial charge in [0.25, 0.3) is 0 Å². The Kier molecular flexibility index (Phi) is 3.45. The third-order valence-corrected chi connectivity index (χ3v) is 3.20. The van der Waals surface area contributed by atoms with E-state index < -0.39 is 0 Å². The number of halogens is 1. The normalized spacial score (nSPS) is 10.8. The maximum atomic E-state index is 3.51. The minimum atomic E-state index is 0.576. The highest BCUT2D eigenvalue weighted by molar-refractivity contribution is 9.10. The molecule has 0 aromatic heterocycles. The quantitative estimate of drug-likeness (QED) is 0.703. The summed E-state index contributed by atoms with van der Waals surface area (Å²) in [5, 5.41) is 0. The smallest absolute Gasteiger partial charge is 0.0181 e. The van der Waals surface area contributed by atoms with Gasteiger partial charge in [-0.2, -0.15) is 0 Å². The number of hydrogen-bond donors (Lipinski definition) is 0. The van der Waals surface area contributed by atoms with Crippen LogP contribution in [0.25, 0.3) is 11.1 Å². The second kappa shape index (κ2) is 4.84. The average Bonchev–Trinajstić information content (AvgIpc) is 2.29. The van der Waals surface area contributed by atoms with Crippen LogP contribution in [0.5, 0.6) is 0 Å². The van der Waals surface area contributed by atoms with Crippen molar-refractivity contribution in [1.82, 2.24) is 0 Å². The molecule has 0 fully saturated rings. The lowest BCUT2D eigenvalue weighted by atomic mass is 9.97. The first-order valence-corrected chi connectivity index (χ1v) is 6.32. The first-order chi connectivity index (χ1) is 7.66. The lowest BCUT2D eigenvalue weighted by molar-refractivity contribution is 0.867. The zero-order valence-corrected chi connectivity index (χ0v) is 11.2. The first-order valence-electron chi connectivity index (χ1n) is 5.53. The van der Waals surface area contributed by atoms with Crippen LogP contribution in [-0.2, 0) is 0 Å². The van der Waals surface area contributed by atoms with Gasteiger partial charge in [0.1, 0.15) is 0 Å². The van der Waals surface area contributed by atoms with Crippen LogP contribution in [0.2, 0.25) is 0 Å². The standard InChI is InChI=1S/C15H15Br/c1-11(2)12-5-3-6-13(9-12)14-7-4-8-15(16)10-14/h3-11H,1-2H3. The summed E-state index contributed by atoms with van der Waals surface area (Å²) in [4.78, 5) is 0. The van der Waals surface area contributed by atoms with E-state index in [4.69, 9.17) is 0 Å². The molecule has 2 aromatic carbocycles. The number of rotatable bonds is 2. The van der Waals surface area contributed by atoms with Gasteiger partial charge < -0.3 is 0 Å². The predicted molar refractivity (Wildman–Crippen MR) is 73.7 cm³/mol. The topological polar surface area (TPSA) is 0 Å². The van der Waals surface area contributed by atoms with Crippen LogP contribution in [0.1, 0.15) is 25.3 Å². The molecule has 0 nitrogen and oxygen atoms in total. The molecule has 0 saturated carbocycles. The van der Waals surface area contributed by atoms with Crippen LogP contribution in [0.3, 0.4) is 0 Å². The summed E-state index contributed by atoms with van der Waals surface area (Å²) in [5.41, 5.74) is 3.93. The van der Waals surface area contributed by atoms with Crippen molar-refractivity contribution in [3.8, 4) is 11.1 Å². The molecular weight excluding hydrogens is 260 g/mol. The van der Waals surface area contributed by atoms with E-state index in [-0.39, 0.29) is 0 Å². The fourth-order valence-corrected chi connectivity index (χ4v) is 2.14.